The molecule has 0 heterocycles. The first-order valence-corrected chi connectivity index (χ1v) is 15.3. The van der Waals surface area contributed by atoms with Gasteiger partial charge < -0.3 is 15.6 Å². The third-order valence-electron chi connectivity index (χ3n) is 5.28. The van der Waals surface area contributed by atoms with Crippen molar-refractivity contribution in [1.82, 2.24) is 0 Å². The van der Waals surface area contributed by atoms with Gasteiger partial charge in [-0.2, -0.15) is 8.42 Å². The van der Waals surface area contributed by atoms with Crippen LogP contribution in [0.5, 0.6) is 0 Å². The van der Waals surface area contributed by atoms with Crippen molar-refractivity contribution < 1.29 is 27.4 Å². The summed E-state index contributed by atoms with van der Waals surface area (Å²) in [6.45, 7) is 8.07. The zero-order valence-electron chi connectivity index (χ0n) is 22.7. The second-order valence-electron chi connectivity index (χ2n) is 9.16. The van der Waals surface area contributed by atoms with Crippen molar-refractivity contribution in [3.8, 4) is 0 Å². The lowest BCUT2D eigenvalue weighted by atomic mass is 10.1. The number of aliphatic hydroxyl groups excluding tert-OH is 1. The second kappa shape index (κ2) is 32.8. The first-order valence-electron chi connectivity index (χ1n) is 13.9. The molecule has 0 saturated carbocycles. The Bertz CT molecular complexity index is 414. The molecule has 5 N–H and O–H groups in total. The van der Waals surface area contributed by atoms with Crippen molar-refractivity contribution in [2.24, 2.45) is 5.73 Å². The van der Waals surface area contributed by atoms with Gasteiger partial charge in [-0.15, -0.1) is 0 Å². The van der Waals surface area contributed by atoms with Gasteiger partial charge in [-0.3, -0.25) is 9.11 Å². The Balaban J connectivity index is -0.000000900. The summed E-state index contributed by atoms with van der Waals surface area (Å²) in [5, 5.41) is 7.83. The minimum atomic E-state index is -4.67. The van der Waals surface area contributed by atoms with Crippen molar-refractivity contribution in [2.45, 2.75) is 155 Å². The molecule has 34 heavy (non-hydrogen) atoms. The topological polar surface area (TPSA) is 130 Å². The molecule has 0 rings (SSSR count). The number of ether oxygens (including phenoxy) is 1. The van der Waals surface area contributed by atoms with Crippen LogP contribution in [0.2, 0.25) is 0 Å². The third-order valence-corrected chi connectivity index (χ3v) is 5.28. The van der Waals surface area contributed by atoms with E-state index in [1.54, 1.807) is 0 Å². The van der Waals surface area contributed by atoms with Crippen LogP contribution >= 0.6 is 0 Å². The van der Waals surface area contributed by atoms with Crippen LogP contribution in [0.1, 0.15) is 149 Å². The zero-order chi connectivity index (χ0) is 26.3. The molecule has 7 nitrogen and oxygen atoms in total. The Kier molecular flexibility index (Phi) is 36.9. The number of hydrogen-bond acceptors (Lipinski definition) is 5. The van der Waals surface area contributed by atoms with Gasteiger partial charge in [-0.25, -0.2) is 0 Å². The fraction of sp³-hybridized carbons (Fsp3) is 1.00. The average Bonchev–Trinajstić information content (AvgIpc) is 2.73. The van der Waals surface area contributed by atoms with Crippen LogP contribution in [0.3, 0.4) is 0 Å². The Hall–Kier alpha value is -0.250. The van der Waals surface area contributed by atoms with Crippen LogP contribution in [-0.4, -0.2) is 42.1 Å². The minimum absolute atomic E-state index is 0.667. The number of aliphatic hydroxyl groups is 1. The van der Waals surface area contributed by atoms with E-state index in [1.165, 1.54) is 135 Å². The van der Waals surface area contributed by atoms with Gasteiger partial charge in [0, 0.05) is 13.2 Å². The van der Waals surface area contributed by atoms with Gasteiger partial charge in [0.2, 0.25) is 0 Å². The first kappa shape index (κ1) is 38.3. The molecule has 0 aromatic rings. The van der Waals surface area contributed by atoms with Crippen LogP contribution in [0, 0.1) is 0 Å². The maximum atomic E-state index is 8.74. The van der Waals surface area contributed by atoms with E-state index in [4.69, 9.17) is 27.4 Å². The minimum Gasteiger partial charge on any atom is -0.381 e. The summed E-state index contributed by atoms with van der Waals surface area (Å²) in [5.41, 5.74) is 4.67. The van der Waals surface area contributed by atoms with Crippen molar-refractivity contribution in [2.75, 3.05) is 13.2 Å². The molecule has 0 spiro atoms. The molecule has 0 aliphatic heterocycles. The van der Waals surface area contributed by atoms with Gasteiger partial charge in [0.1, 0.15) is 0 Å². The van der Waals surface area contributed by atoms with Gasteiger partial charge in [0.05, 0.1) is 6.23 Å². The molecule has 1 atom stereocenters. The molecule has 210 valence electrons. The van der Waals surface area contributed by atoms with E-state index in [9.17, 15) is 0 Å². The van der Waals surface area contributed by atoms with Crippen LogP contribution in [0.25, 0.3) is 0 Å². The average molecular weight is 514 g/mol. The maximum absolute atomic E-state index is 8.74. The van der Waals surface area contributed by atoms with Gasteiger partial charge in [0.15, 0.2) is 0 Å². The van der Waals surface area contributed by atoms with Crippen molar-refractivity contribution in [1.29, 1.82) is 0 Å². The van der Waals surface area contributed by atoms with Gasteiger partial charge in [-0.1, -0.05) is 129 Å². The lowest BCUT2D eigenvalue weighted by Crippen LogP contribution is -2.11. The maximum Gasteiger partial charge on any atom is 0.394 e. The summed E-state index contributed by atoms with van der Waals surface area (Å²) in [6.07, 6.45) is 27.5. The smallest absolute Gasteiger partial charge is 0.381 e. The van der Waals surface area contributed by atoms with Crippen LogP contribution < -0.4 is 5.73 Å². The molecule has 1 unspecified atom stereocenters. The van der Waals surface area contributed by atoms with Crippen LogP contribution in [0.15, 0.2) is 0 Å². The molecule has 8 heteroatoms. The van der Waals surface area contributed by atoms with Crippen LogP contribution in [-0.2, 0) is 15.1 Å². The summed E-state index contributed by atoms with van der Waals surface area (Å²) >= 11 is 0. The Morgan fingerprint density at radius 2 is 0.765 bits per heavy atom. The largest absolute Gasteiger partial charge is 0.394 e. The molecule has 0 aromatic heterocycles. The van der Waals surface area contributed by atoms with E-state index >= 15 is 0 Å². The first-order chi connectivity index (χ1) is 16.1. The summed E-state index contributed by atoms with van der Waals surface area (Å²) in [5.74, 6) is 0. The standard InChI is InChI=1S/C24H50O.C2H7NO.H2O4S/c1-3-5-7-9-11-13-15-17-19-21-23-25-24-22-20-18-16-14-12-10-8-6-4-2;1-2(3)4;1-5(2,3)4/h3-24H2,1-2H3;2,4H,3H2,1H3;(H2,1,2,3,4). The lowest BCUT2D eigenvalue weighted by Gasteiger charge is -2.05. The van der Waals surface area contributed by atoms with Crippen molar-refractivity contribution >= 4 is 10.4 Å². The van der Waals surface area contributed by atoms with E-state index in [2.05, 4.69) is 19.6 Å². The Morgan fingerprint density at radius 3 is 0.971 bits per heavy atom. The van der Waals surface area contributed by atoms with E-state index < -0.39 is 16.6 Å². The van der Waals surface area contributed by atoms with Gasteiger partial charge in [0.25, 0.3) is 0 Å². The summed E-state index contributed by atoms with van der Waals surface area (Å²) < 4.78 is 37.4. The number of nitrogens with two attached hydrogens (primary N) is 1. The van der Waals surface area contributed by atoms with E-state index in [0.717, 1.165) is 13.2 Å². The van der Waals surface area contributed by atoms with Crippen molar-refractivity contribution in [3.05, 3.63) is 0 Å². The number of hydrogen-bond donors (Lipinski definition) is 4. The molecule has 0 aliphatic carbocycles. The second-order valence-corrected chi connectivity index (χ2v) is 10.1. The highest BCUT2D eigenvalue weighted by molar-refractivity contribution is 7.79. The molecule has 0 bridgehead atoms. The highest BCUT2D eigenvalue weighted by Gasteiger charge is 1.95. The summed E-state index contributed by atoms with van der Waals surface area (Å²) in [6, 6.07) is 0. The van der Waals surface area contributed by atoms with Gasteiger partial charge >= 0.3 is 10.4 Å². The van der Waals surface area contributed by atoms with Crippen molar-refractivity contribution in [3.63, 3.8) is 0 Å². The lowest BCUT2D eigenvalue weighted by molar-refractivity contribution is 0.125. The number of rotatable bonds is 22. The zero-order valence-corrected chi connectivity index (χ0v) is 23.5. The Morgan fingerprint density at radius 1 is 0.588 bits per heavy atom. The highest BCUT2D eigenvalue weighted by atomic mass is 32.3. The molecule has 0 saturated heterocycles. The van der Waals surface area contributed by atoms with E-state index in [-0.39, 0.29) is 0 Å². The van der Waals surface area contributed by atoms with Crippen LogP contribution in [0.4, 0.5) is 0 Å². The molecular weight excluding hydrogens is 454 g/mol. The fourth-order valence-electron chi connectivity index (χ4n) is 3.49. The van der Waals surface area contributed by atoms with Gasteiger partial charge in [-0.05, 0) is 19.8 Å². The predicted octanol–water partition coefficient (Wildman–Crippen LogP) is 7.48. The highest BCUT2D eigenvalue weighted by Crippen LogP contribution is 2.12. The predicted molar refractivity (Wildman–Crippen MR) is 145 cm³/mol. The molecule has 0 amide bonds. The molecule has 0 fully saturated rings. The molecule has 0 aromatic carbocycles. The SMILES string of the molecule is CC(N)O.CCCCCCCCCCCCOCCCCCCCCCCCC.O=S(=O)(O)O. The number of unbranched alkanes of at least 4 members (excludes halogenated alkanes) is 18. The fourth-order valence-corrected chi connectivity index (χ4v) is 3.49. The Labute approximate surface area is 212 Å². The molecule has 0 radical (unpaired) electrons. The molecule has 0 aliphatic rings. The van der Waals surface area contributed by atoms with E-state index in [1.807, 2.05) is 0 Å². The molecular formula is C26H59NO6S. The third kappa shape index (κ3) is 63.5. The summed E-state index contributed by atoms with van der Waals surface area (Å²) in [7, 11) is -4.67. The normalized spacial score (nSPS) is 11.9. The quantitative estimate of drug-likeness (QED) is 0.0670. The van der Waals surface area contributed by atoms with E-state index in [0.29, 0.717) is 0 Å². The summed E-state index contributed by atoms with van der Waals surface area (Å²) in [4.78, 5) is 0. The monoisotopic (exact) mass is 513 g/mol.